The van der Waals surface area contributed by atoms with Crippen LogP contribution in [0.2, 0.25) is 0 Å². The Morgan fingerprint density at radius 1 is 0.471 bits per heavy atom. The molecule has 5 N–H and O–H groups in total. The normalized spacial score (nSPS) is 12.2. The molecule has 0 spiro atoms. The molecule has 0 saturated carbocycles. The standard InChI is InChI=1S/C30H20N4O11S3.3Na/c35-24-11-9-16-5-1-2-6-19(16)28(24)33-32-23-15-18(46(37,38)39)13-17-14-26(48(43,44)45)29(30(36)27(17)23)34-31-22-10-12-25(47(40,41)42)21-8-4-3-7-20(21)22;;;/h1-15,35-36H,(H,37,38,39)(H,40,41,42)(H,43,44,45);;;. The Morgan fingerprint density at radius 3 is 1.67 bits per heavy atom. The van der Waals surface area contributed by atoms with Gasteiger partial charge in [-0.05, 0) is 47.2 Å². The number of rotatable bonds is 7. The monoisotopic (exact) mass is 777 g/mol. The smallest absolute Gasteiger partial charge is 0.296 e. The molecular formula is C30H20N4Na3O11S3. The summed E-state index contributed by atoms with van der Waals surface area (Å²) in [6.07, 6.45) is 0. The summed E-state index contributed by atoms with van der Waals surface area (Å²) < 4.78 is 103. The molecule has 0 saturated heterocycles. The summed E-state index contributed by atoms with van der Waals surface area (Å²) in [6, 6.07) is 20.2. The molecule has 0 heterocycles. The maximum atomic E-state index is 12.5. The second-order valence-electron chi connectivity index (χ2n) is 10.2. The maximum absolute atomic E-state index is 12.5. The number of azo groups is 2. The molecule has 0 amide bonds. The van der Waals surface area contributed by atoms with Gasteiger partial charge in [0.05, 0.1) is 21.7 Å². The van der Waals surface area contributed by atoms with Crippen LogP contribution in [-0.4, -0.2) is 138 Å². The Balaban J connectivity index is 0.00000234. The van der Waals surface area contributed by atoms with Gasteiger partial charge in [-0.2, -0.15) is 25.3 Å². The van der Waals surface area contributed by atoms with Crippen LogP contribution >= 0.6 is 0 Å². The molecule has 0 aromatic heterocycles. The minimum Gasteiger partial charge on any atom is -0.506 e. The van der Waals surface area contributed by atoms with Gasteiger partial charge >= 0.3 is 0 Å². The fraction of sp³-hybridized carbons (Fsp3) is 0. The van der Waals surface area contributed by atoms with Crippen molar-refractivity contribution >= 4 is 174 Å². The topological polar surface area (TPSA) is 253 Å². The van der Waals surface area contributed by atoms with Gasteiger partial charge in [0.2, 0.25) is 0 Å². The van der Waals surface area contributed by atoms with E-state index in [1.165, 1.54) is 30.3 Å². The zero-order valence-electron chi connectivity index (χ0n) is 26.9. The van der Waals surface area contributed by atoms with Gasteiger partial charge in [-0.25, -0.2) is 0 Å². The Hall–Kier alpha value is -2.37. The van der Waals surface area contributed by atoms with Gasteiger partial charge in [-0.15, -0.1) is 20.5 Å². The molecule has 0 aliphatic rings. The molecule has 0 aliphatic heterocycles. The number of fused-ring (bicyclic) bond motifs is 3. The van der Waals surface area contributed by atoms with Crippen molar-refractivity contribution in [1.82, 2.24) is 0 Å². The van der Waals surface area contributed by atoms with Crippen LogP contribution in [0.25, 0.3) is 32.3 Å². The van der Waals surface area contributed by atoms with Crippen LogP contribution in [0.15, 0.2) is 126 Å². The third kappa shape index (κ3) is 8.89. The second-order valence-corrected chi connectivity index (χ2v) is 14.4. The summed E-state index contributed by atoms with van der Waals surface area (Å²) in [7, 11) is -14.8. The van der Waals surface area contributed by atoms with Crippen LogP contribution < -0.4 is 0 Å². The van der Waals surface area contributed by atoms with E-state index >= 15 is 0 Å². The molecule has 0 bridgehead atoms. The number of phenols is 2. The molecule has 247 valence electrons. The minimum absolute atomic E-state index is 0. The Labute approximate surface area is 356 Å². The Kier molecular flexibility index (Phi) is 13.8. The molecule has 15 nitrogen and oxygen atoms in total. The molecule has 3 radical (unpaired) electrons. The number of benzene rings is 6. The first-order valence-electron chi connectivity index (χ1n) is 13.4. The van der Waals surface area contributed by atoms with Crippen LogP contribution in [-0.2, 0) is 30.4 Å². The van der Waals surface area contributed by atoms with Crippen LogP contribution in [0.1, 0.15) is 0 Å². The summed E-state index contributed by atoms with van der Waals surface area (Å²) in [4.78, 5) is -2.23. The number of hydrogen-bond acceptors (Lipinski definition) is 12. The van der Waals surface area contributed by atoms with E-state index in [1.54, 1.807) is 30.3 Å². The molecule has 6 aromatic rings. The van der Waals surface area contributed by atoms with Crippen molar-refractivity contribution < 1.29 is 49.1 Å². The van der Waals surface area contributed by atoms with Gasteiger partial charge in [0.1, 0.15) is 26.9 Å². The predicted molar refractivity (Wildman–Crippen MR) is 190 cm³/mol. The van der Waals surface area contributed by atoms with Gasteiger partial charge in [0.25, 0.3) is 30.4 Å². The summed E-state index contributed by atoms with van der Waals surface area (Å²) in [5, 5.41) is 38.6. The van der Waals surface area contributed by atoms with E-state index in [-0.39, 0.29) is 127 Å². The fourth-order valence-corrected chi connectivity index (χ4v) is 6.97. The molecule has 51 heavy (non-hydrogen) atoms. The number of nitrogens with zero attached hydrogens (tertiary/aromatic N) is 4. The van der Waals surface area contributed by atoms with E-state index in [9.17, 15) is 49.1 Å². The summed E-state index contributed by atoms with van der Waals surface area (Å²) in [5.41, 5.74) is -1.32. The predicted octanol–water partition coefficient (Wildman–Crippen LogP) is 5.99. The second kappa shape index (κ2) is 16.3. The quantitative estimate of drug-likeness (QED) is 0.0715. The van der Waals surface area contributed by atoms with Gasteiger partial charge < -0.3 is 10.2 Å². The van der Waals surface area contributed by atoms with Gasteiger partial charge in [0.15, 0.2) is 5.75 Å². The minimum atomic E-state index is -5.19. The van der Waals surface area contributed by atoms with Crippen molar-refractivity contribution in [2.45, 2.75) is 14.7 Å². The zero-order chi connectivity index (χ0) is 34.6. The van der Waals surface area contributed by atoms with E-state index < -0.39 is 62.2 Å². The molecule has 0 unspecified atom stereocenters. The van der Waals surface area contributed by atoms with E-state index in [2.05, 4.69) is 20.5 Å². The summed E-state index contributed by atoms with van der Waals surface area (Å²) in [5.74, 6) is -1.26. The number of aromatic hydroxyl groups is 2. The third-order valence-electron chi connectivity index (χ3n) is 7.21. The van der Waals surface area contributed by atoms with Crippen molar-refractivity contribution in [3.63, 3.8) is 0 Å². The summed E-state index contributed by atoms with van der Waals surface area (Å²) in [6.45, 7) is 0. The maximum Gasteiger partial charge on any atom is 0.296 e. The first-order valence-corrected chi connectivity index (χ1v) is 17.7. The van der Waals surface area contributed by atoms with Gasteiger partial charge in [-0.1, -0.05) is 54.6 Å². The van der Waals surface area contributed by atoms with Crippen molar-refractivity contribution in [2.75, 3.05) is 0 Å². The number of hydrogen-bond donors (Lipinski definition) is 5. The van der Waals surface area contributed by atoms with Gasteiger partial charge in [0, 0.05) is 105 Å². The Morgan fingerprint density at radius 2 is 1.04 bits per heavy atom. The molecule has 0 fully saturated rings. The van der Waals surface area contributed by atoms with Crippen molar-refractivity contribution in [3.05, 3.63) is 91.0 Å². The van der Waals surface area contributed by atoms with E-state index in [0.29, 0.717) is 10.8 Å². The summed E-state index contributed by atoms with van der Waals surface area (Å²) >= 11 is 0. The van der Waals surface area contributed by atoms with Crippen LogP contribution in [0.4, 0.5) is 22.7 Å². The van der Waals surface area contributed by atoms with Crippen LogP contribution in [0.3, 0.4) is 0 Å². The first kappa shape index (κ1) is 43.0. The molecule has 0 aliphatic carbocycles. The van der Waals surface area contributed by atoms with Crippen molar-refractivity contribution in [3.8, 4) is 11.5 Å². The molecule has 6 rings (SSSR count). The molecule has 21 heteroatoms. The van der Waals surface area contributed by atoms with Crippen molar-refractivity contribution in [1.29, 1.82) is 0 Å². The molecular weight excluding hydrogens is 758 g/mol. The average Bonchev–Trinajstić information content (AvgIpc) is 3.01. The van der Waals surface area contributed by atoms with Gasteiger partial charge in [-0.3, -0.25) is 13.7 Å². The third-order valence-corrected chi connectivity index (χ3v) is 9.82. The van der Waals surface area contributed by atoms with Crippen LogP contribution in [0.5, 0.6) is 11.5 Å². The molecule has 0 atom stereocenters. The first-order chi connectivity index (χ1) is 22.5. The molecule has 6 aromatic carbocycles. The van der Waals surface area contributed by atoms with E-state index in [4.69, 9.17) is 0 Å². The average molecular weight is 778 g/mol. The van der Waals surface area contributed by atoms with Crippen LogP contribution in [0, 0.1) is 0 Å². The zero-order valence-corrected chi connectivity index (χ0v) is 35.3. The van der Waals surface area contributed by atoms with E-state index in [1.807, 2.05) is 0 Å². The number of phenolic OH excluding ortho intramolecular Hbond substituents is 2. The van der Waals surface area contributed by atoms with Crippen molar-refractivity contribution in [2.24, 2.45) is 20.5 Å². The fourth-order valence-electron chi connectivity index (χ4n) is 5.08. The SMILES string of the molecule is O=S(=O)(O)c1cc(N=Nc2c(O)ccc3ccccc23)c2c(O)c(N=Nc3ccc(S(=O)(=O)O)c4ccccc34)c(S(=O)(=O)O)cc2c1.[Na].[Na].[Na]. The largest absolute Gasteiger partial charge is 0.506 e. The Bertz CT molecular complexity index is 2750. The van der Waals surface area contributed by atoms with E-state index in [0.717, 1.165) is 30.3 Å².